The minimum Gasteiger partial charge on any atom is -0.334 e. The predicted molar refractivity (Wildman–Crippen MR) is 124 cm³/mol. The van der Waals surface area contributed by atoms with Gasteiger partial charge in [-0.25, -0.2) is 14.2 Å². The summed E-state index contributed by atoms with van der Waals surface area (Å²) in [6.07, 6.45) is 2.34. The Morgan fingerprint density at radius 3 is 2.73 bits per heavy atom. The summed E-state index contributed by atoms with van der Waals surface area (Å²) in [5.74, 6) is -0.582. The fourth-order valence-corrected chi connectivity index (χ4v) is 4.78. The molecule has 2 unspecified atom stereocenters. The van der Waals surface area contributed by atoms with E-state index in [-0.39, 0.29) is 23.1 Å². The summed E-state index contributed by atoms with van der Waals surface area (Å²) in [6, 6.07) is 10.5. The number of H-pyrrole nitrogens is 1. The van der Waals surface area contributed by atoms with Crippen molar-refractivity contribution < 1.29 is 4.79 Å². The Morgan fingerprint density at radius 1 is 1.21 bits per heavy atom. The number of aromatic amines is 1. The van der Waals surface area contributed by atoms with E-state index in [1.54, 1.807) is 13.1 Å². The van der Waals surface area contributed by atoms with Gasteiger partial charge in [-0.2, -0.15) is 5.10 Å². The van der Waals surface area contributed by atoms with Crippen LogP contribution in [-0.2, 0) is 18.3 Å². The summed E-state index contributed by atoms with van der Waals surface area (Å²) in [5.41, 5.74) is 2.34. The molecular weight excluding hydrogens is 420 g/mol. The zero-order valence-electron chi connectivity index (χ0n) is 18.9. The van der Waals surface area contributed by atoms with Gasteiger partial charge >= 0.3 is 0 Å². The van der Waals surface area contributed by atoms with E-state index in [1.807, 2.05) is 43.0 Å². The van der Waals surface area contributed by atoms with Crippen LogP contribution in [0.2, 0.25) is 0 Å². The summed E-state index contributed by atoms with van der Waals surface area (Å²) in [6.45, 7) is 4.42. The number of aromatic nitrogens is 5. The zero-order valence-corrected chi connectivity index (χ0v) is 18.9. The quantitative estimate of drug-likeness (QED) is 0.518. The van der Waals surface area contributed by atoms with Crippen molar-refractivity contribution in [1.29, 1.82) is 0 Å². The third-order valence-electron chi connectivity index (χ3n) is 6.55. The molecule has 1 aliphatic heterocycles. The molecular formula is C24H26N6O3. The van der Waals surface area contributed by atoms with Crippen molar-refractivity contribution in [2.75, 3.05) is 6.54 Å². The second kappa shape index (κ2) is 7.99. The van der Waals surface area contributed by atoms with Crippen LogP contribution in [0.4, 0.5) is 0 Å². The number of aryl methyl sites for hydroxylation is 2. The molecule has 2 atom stereocenters. The van der Waals surface area contributed by atoms with Crippen molar-refractivity contribution in [2.24, 2.45) is 7.05 Å². The van der Waals surface area contributed by atoms with E-state index >= 15 is 0 Å². The van der Waals surface area contributed by atoms with Crippen molar-refractivity contribution >= 4 is 22.3 Å². The molecule has 4 aromatic rings. The minimum absolute atomic E-state index is 0.0537. The van der Waals surface area contributed by atoms with Crippen LogP contribution in [0.25, 0.3) is 16.4 Å². The Morgan fingerprint density at radius 2 is 1.97 bits per heavy atom. The minimum atomic E-state index is -0.529. The van der Waals surface area contributed by atoms with E-state index in [2.05, 4.69) is 15.2 Å². The molecule has 0 aliphatic carbocycles. The third-order valence-corrected chi connectivity index (χ3v) is 6.55. The Balaban J connectivity index is 1.52. The van der Waals surface area contributed by atoms with E-state index in [1.165, 1.54) is 15.3 Å². The Labute approximate surface area is 189 Å². The molecule has 0 radical (unpaired) electrons. The topological polar surface area (TPSA) is 105 Å². The molecule has 0 saturated carbocycles. The molecule has 9 heteroatoms. The highest BCUT2D eigenvalue weighted by atomic mass is 16.2. The normalized spacial score (nSPS) is 17.2. The lowest BCUT2D eigenvalue weighted by atomic mass is 9.99. The highest BCUT2D eigenvalue weighted by molar-refractivity contribution is 5.91. The highest BCUT2D eigenvalue weighted by Crippen LogP contribution is 2.34. The number of amides is 1. The zero-order chi connectivity index (χ0) is 23.3. The number of benzene rings is 1. The van der Waals surface area contributed by atoms with E-state index < -0.39 is 5.92 Å². The van der Waals surface area contributed by atoms with Crippen LogP contribution in [0.1, 0.15) is 55.7 Å². The standard InChI is InChI=1S/C24H26N6O3/c1-4-15-12-21(31)30-20(25-15)13-18(26-30)19-10-7-11-29(19)23(32)14(2)22-16-8-5-6-9-17(16)24(33)28(3)27-22/h5-6,8-9,12-14,19,26H,4,7,10-11H2,1-3H3. The lowest BCUT2D eigenvalue weighted by Crippen LogP contribution is -2.35. The van der Waals surface area contributed by atoms with Gasteiger partial charge in [0.2, 0.25) is 5.91 Å². The largest absolute Gasteiger partial charge is 0.334 e. The van der Waals surface area contributed by atoms with Crippen LogP contribution in [0.5, 0.6) is 0 Å². The summed E-state index contributed by atoms with van der Waals surface area (Å²) in [5, 5.41) is 8.85. The molecule has 1 aromatic carbocycles. The van der Waals surface area contributed by atoms with Gasteiger partial charge < -0.3 is 4.90 Å². The smallest absolute Gasteiger partial charge is 0.274 e. The van der Waals surface area contributed by atoms with Crippen LogP contribution in [-0.4, -0.2) is 41.7 Å². The molecule has 9 nitrogen and oxygen atoms in total. The van der Waals surface area contributed by atoms with Crippen molar-refractivity contribution in [3.8, 4) is 0 Å². The summed E-state index contributed by atoms with van der Waals surface area (Å²) in [7, 11) is 1.61. The van der Waals surface area contributed by atoms with E-state index in [9.17, 15) is 14.4 Å². The fourth-order valence-electron chi connectivity index (χ4n) is 4.78. The van der Waals surface area contributed by atoms with Crippen LogP contribution in [0, 0.1) is 0 Å². The average molecular weight is 447 g/mol. The van der Waals surface area contributed by atoms with E-state index in [0.29, 0.717) is 35.1 Å². The molecule has 3 aromatic heterocycles. The Bertz CT molecular complexity index is 1500. The van der Waals surface area contributed by atoms with Crippen LogP contribution in [0.15, 0.2) is 46.0 Å². The maximum absolute atomic E-state index is 13.7. The first kappa shape index (κ1) is 21.1. The van der Waals surface area contributed by atoms with Crippen LogP contribution >= 0.6 is 0 Å². The molecule has 1 fully saturated rings. The van der Waals surface area contributed by atoms with Crippen molar-refractivity contribution in [3.05, 3.63) is 74.2 Å². The molecule has 1 saturated heterocycles. The van der Waals surface area contributed by atoms with Gasteiger partial charge in [0.15, 0.2) is 5.65 Å². The predicted octanol–water partition coefficient (Wildman–Crippen LogP) is 2.30. The number of likely N-dealkylation sites (tertiary alicyclic amines) is 1. The molecule has 0 spiro atoms. The number of fused-ring (bicyclic) bond motifs is 2. The Kier molecular flexibility index (Phi) is 5.11. The number of hydrogen-bond donors (Lipinski definition) is 1. The molecule has 0 bridgehead atoms. The molecule has 1 N–H and O–H groups in total. The number of nitrogens with one attached hydrogen (secondary N) is 1. The second-order valence-corrected chi connectivity index (χ2v) is 8.62. The van der Waals surface area contributed by atoms with Gasteiger partial charge in [0.1, 0.15) is 0 Å². The van der Waals surface area contributed by atoms with Crippen molar-refractivity contribution in [2.45, 2.75) is 45.1 Å². The van der Waals surface area contributed by atoms with Gasteiger partial charge in [-0.15, -0.1) is 0 Å². The number of nitrogens with zero attached hydrogens (tertiary/aromatic N) is 5. The molecule has 4 heterocycles. The lowest BCUT2D eigenvalue weighted by Gasteiger charge is -2.27. The molecule has 5 rings (SSSR count). The fraction of sp³-hybridized carbons (Fsp3) is 0.375. The van der Waals surface area contributed by atoms with E-state index in [0.717, 1.165) is 24.2 Å². The first-order valence-corrected chi connectivity index (χ1v) is 11.3. The second-order valence-electron chi connectivity index (χ2n) is 8.62. The number of hydrogen-bond acceptors (Lipinski definition) is 5. The van der Waals surface area contributed by atoms with Gasteiger partial charge in [0, 0.05) is 36.8 Å². The van der Waals surface area contributed by atoms with Gasteiger partial charge in [0.05, 0.1) is 28.7 Å². The summed E-state index contributed by atoms with van der Waals surface area (Å²) in [4.78, 5) is 45.0. The average Bonchev–Trinajstić information content (AvgIpc) is 3.47. The lowest BCUT2D eigenvalue weighted by molar-refractivity contribution is -0.133. The van der Waals surface area contributed by atoms with Crippen molar-refractivity contribution in [3.63, 3.8) is 0 Å². The van der Waals surface area contributed by atoms with Gasteiger partial charge in [-0.3, -0.25) is 19.5 Å². The first-order chi connectivity index (χ1) is 15.9. The van der Waals surface area contributed by atoms with Crippen LogP contribution in [0.3, 0.4) is 0 Å². The molecule has 1 amide bonds. The molecule has 33 heavy (non-hydrogen) atoms. The maximum Gasteiger partial charge on any atom is 0.274 e. The summed E-state index contributed by atoms with van der Waals surface area (Å²) >= 11 is 0. The molecule has 170 valence electrons. The van der Waals surface area contributed by atoms with Gasteiger partial charge in [-0.1, -0.05) is 25.1 Å². The SMILES string of the molecule is CCc1cc(=O)n2[nH]c(C3CCCN3C(=O)C(C)c3nn(C)c(=O)c4ccccc34)cc2n1. The first-order valence-electron chi connectivity index (χ1n) is 11.3. The Hall–Kier alpha value is -3.75. The third kappa shape index (κ3) is 3.44. The number of carbonyl (C=O) groups excluding carboxylic acids is 1. The van der Waals surface area contributed by atoms with E-state index in [4.69, 9.17) is 0 Å². The number of carbonyl (C=O) groups is 1. The summed E-state index contributed by atoms with van der Waals surface area (Å²) < 4.78 is 2.73. The van der Waals surface area contributed by atoms with Crippen LogP contribution < -0.4 is 11.1 Å². The number of rotatable bonds is 4. The van der Waals surface area contributed by atoms with Gasteiger partial charge in [-0.05, 0) is 32.3 Å². The molecule has 1 aliphatic rings. The maximum atomic E-state index is 13.7. The monoisotopic (exact) mass is 446 g/mol. The van der Waals surface area contributed by atoms with Gasteiger partial charge in [0.25, 0.3) is 11.1 Å². The van der Waals surface area contributed by atoms with Crippen molar-refractivity contribution in [1.82, 2.24) is 29.3 Å². The highest BCUT2D eigenvalue weighted by Gasteiger charge is 2.35.